The van der Waals surface area contributed by atoms with Gasteiger partial charge in [0.05, 0.1) is 24.1 Å². The maximum Gasteiger partial charge on any atom is 0.240 e. The van der Waals surface area contributed by atoms with E-state index in [1.807, 2.05) is 36.4 Å². The van der Waals surface area contributed by atoms with Crippen LogP contribution >= 0.6 is 11.3 Å². The van der Waals surface area contributed by atoms with Gasteiger partial charge in [0.1, 0.15) is 5.76 Å². The summed E-state index contributed by atoms with van der Waals surface area (Å²) in [6.45, 7) is 0. The predicted molar refractivity (Wildman–Crippen MR) is 94.8 cm³/mol. The third kappa shape index (κ3) is 2.99. The van der Waals surface area contributed by atoms with Crippen LogP contribution in [0.2, 0.25) is 0 Å². The number of benzene rings is 1. The highest BCUT2D eigenvalue weighted by molar-refractivity contribution is 7.16. The molecule has 0 spiro atoms. The Kier molecular flexibility index (Phi) is 4.17. The van der Waals surface area contributed by atoms with Gasteiger partial charge in [-0.15, -0.1) is 11.3 Å². The van der Waals surface area contributed by atoms with Crippen LogP contribution in [0, 0.1) is 0 Å². The fraction of sp³-hybridized carbons (Fsp3) is 0.263. The van der Waals surface area contributed by atoms with Gasteiger partial charge in [0.2, 0.25) is 5.91 Å². The van der Waals surface area contributed by atoms with Gasteiger partial charge in [-0.25, -0.2) is 4.98 Å². The molecule has 0 radical (unpaired) electrons. The molecule has 4 rings (SSSR count). The first-order valence-corrected chi connectivity index (χ1v) is 9.02. The molecule has 0 fully saturated rings. The lowest BCUT2D eigenvalue weighted by atomic mass is 10.0. The van der Waals surface area contributed by atoms with E-state index in [2.05, 4.69) is 0 Å². The van der Waals surface area contributed by atoms with Gasteiger partial charge in [-0.3, -0.25) is 9.69 Å². The van der Waals surface area contributed by atoms with E-state index < -0.39 is 0 Å². The number of para-hydroxylation sites is 1. The summed E-state index contributed by atoms with van der Waals surface area (Å²) in [7, 11) is 0. The number of nitrogens with zero attached hydrogens (tertiary/aromatic N) is 2. The standard InChI is InChI=1S/C19H18N2O2S/c22-18(13-15-9-6-12-23-15)21(14-7-2-1-3-8-14)19-20-16-10-4-5-11-17(16)24-19/h1-3,6-9,12H,4-5,10-11,13H2. The van der Waals surface area contributed by atoms with Gasteiger partial charge in [0.25, 0.3) is 0 Å². The molecule has 1 aliphatic rings. The minimum Gasteiger partial charge on any atom is -0.469 e. The van der Waals surface area contributed by atoms with Gasteiger partial charge in [-0.2, -0.15) is 0 Å². The molecule has 1 amide bonds. The lowest BCUT2D eigenvalue weighted by molar-refractivity contribution is -0.117. The summed E-state index contributed by atoms with van der Waals surface area (Å²) in [5, 5.41) is 0.768. The average molecular weight is 338 g/mol. The molecule has 0 unspecified atom stereocenters. The molecule has 2 heterocycles. The Hall–Kier alpha value is -2.40. The fourth-order valence-electron chi connectivity index (χ4n) is 3.01. The molecule has 0 N–H and O–H groups in total. The third-order valence-electron chi connectivity index (χ3n) is 4.20. The van der Waals surface area contributed by atoms with E-state index in [1.165, 1.54) is 17.7 Å². The number of aromatic nitrogens is 1. The minimum absolute atomic E-state index is 0.0257. The van der Waals surface area contributed by atoms with Crippen LogP contribution in [0.4, 0.5) is 10.8 Å². The first-order valence-electron chi connectivity index (χ1n) is 8.20. The zero-order valence-electron chi connectivity index (χ0n) is 13.3. The molecule has 0 bridgehead atoms. The second kappa shape index (κ2) is 6.61. The molecule has 1 aliphatic carbocycles. The van der Waals surface area contributed by atoms with Crippen LogP contribution in [0.5, 0.6) is 0 Å². The smallest absolute Gasteiger partial charge is 0.240 e. The minimum atomic E-state index is -0.0257. The predicted octanol–water partition coefficient (Wildman–Crippen LogP) is 4.52. The number of thiazole rings is 1. The van der Waals surface area contributed by atoms with Gasteiger partial charge in [0.15, 0.2) is 5.13 Å². The zero-order chi connectivity index (χ0) is 16.4. The van der Waals surface area contributed by atoms with E-state index in [1.54, 1.807) is 28.6 Å². The van der Waals surface area contributed by atoms with Crippen molar-refractivity contribution >= 4 is 28.1 Å². The molecule has 122 valence electrons. The molecule has 0 atom stereocenters. The van der Waals surface area contributed by atoms with Crippen molar-refractivity contribution in [1.29, 1.82) is 0 Å². The van der Waals surface area contributed by atoms with Gasteiger partial charge in [-0.1, -0.05) is 18.2 Å². The third-order valence-corrected chi connectivity index (χ3v) is 5.34. The van der Waals surface area contributed by atoms with E-state index >= 15 is 0 Å². The van der Waals surface area contributed by atoms with Gasteiger partial charge < -0.3 is 4.42 Å². The Morgan fingerprint density at radius 3 is 2.71 bits per heavy atom. The normalized spacial score (nSPS) is 13.5. The van der Waals surface area contributed by atoms with E-state index in [4.69, 9.17) is 9.40 Å². The number of amides is 1. The van der Waals surface area contributed by atoms with Crippen molar-refractivity contribution in [2.45, 2.75) is 32.1 Å². The van der Waals surface area contributed by atoms with Crippen LogP contribution < -0.4 is 4.90 Å². The highest BCUT2D eigenvalue weighted by Gasteiger charge is 2.25. The summed E-state index contributed by atoms with van der Waals surface area (Å²) >= 11 is 1.64. The van der Waals surface area contributed by atoms with Crippen molar-refractivity contribution in [2.75, 3.05) is 4.90 Å². The highest BCUT2D eigenvalue weighted by Crippen LogP contribution is 2.35. The first kappa shape index (κ1) is 15.1. The second-order valence-corrected chi connectivity index (χ2v) is 6.96. The molecule has 0 aliphatic heterocycles. The Labute approximate surface area is 144 Å². The molecule has 24 heavy (non-hydrogen) atoms. The SMILES string of the molecule is O=C(Cc1ccco1)N(c1ccccc1)c1nc2c(s1)CCCC2. The Morgan fingerprint density at radius 1 is 1.12 bits per heavy atom. The first-order chi connectivity index (χ1) is 11.8. The number of anilines is 2. The molecule has 4 nitrogen and oxygen atoms in total. The number of furan rings is 1. The lowest BCUT2D eigenvalue weighted by Gasteiger charge is -2.19. The maximum atomic E-state index is 13.0. The van der Waals surface area contributed by atoms with E-state index in [0.29, 0.717) is 5.76 Å². The number of hydrogen-bond acceptors (Lipinski definition) is 4. The van der Waals surface area contributed by atoms with Crippen LogP contribution in [0.3, 0.4) is 0 Å². The van der Waals surface area contributed by atoms with Gasteiger partial charge in [0, 0.05) is 4.88 Å². The Balaban J connectivity index is 1.70. The van der Waals surface area contributed by atoms with Crippen LogP contribution in [0.1, 0.15) is 29.2 Å². The monoisotopic (exact) mass is 338 g/mol. The largest absolute Gasteiger partial charge is 0.469 e. The average Bonchev–Trinajstić information content (AvgIpc) is 3.25. The van der Waals surface area contributed by atoms with Crippen molar-refractivity contribution in [2.24, 2.45) is 0 Å². The molecular formula is C19H18N2O2S. The number of aryl methyl sites for hydroxylation is 2. The van der Waals surface area contributed by atoms with Crippen molar-refractivity contribution < 1.29 is 9.21 Å². The molecule has 2 aromatic heterocycles. The fourth-order valence-corrected chi connectivity index (χ4v) is 4.20. The van der Waals surface area contributed by atoms with Crippen LogP contribution in [-0.2, 0) is 24.1 Å². The number of rotatable bonds is 4. The highest BCUT2D eigenvalue weighted by atomic mass is 32.1. The molecule has 0 saturated carbocycles. The van der Waals surface area contributed by atoms with E-state index in [-0.39, 0.29) is 12.3 Å². The van der Waals surface area contributed by atoms with Crippen molar-refractivity contribution in [1.82, 2.24) is 4.98 Å². The molecular weight excluding hydrogens is 320 g/mol. The van der Waals surface area contributed by atoms with Crippen molar-refractivity contribution in [3.63, 3.8) is 0 Å². The zero-order valence-corrected chi connectivity index (χ0v) is 14.1. The van der Waals surface area contributed by atoms with E-state index in [9.17, 15) is 4.79 Å². The summed E-state index contributed by atoms with van der Waals surface area (Å²) in [5.74, 6) is 0.643. The van der Waals surface area contributed by atoms with Gasteiger partial charge in [-0.05, 0) is 49.9 Å². The molecule has 0 saturated heterocycles. The number of hydrogen-bond donors (Lipinski definition) is 0. The molecule has 5 heteroatoms. The second-order valence-electron chi connectivity index (χ2n) is 5.89. The number of fused-ring (bicyclic) bond motifs is 1. The summed E-state index contributed by atoms with van der Waals surface area (Å²) in [6, 6.07) is 13.4. The van der Waals surface area contributed by atoms with Crippen LogP contribution in [0.15, 0.2) is 53.1 Å². The summed E-state index contributed by atoms with van der Waals surface area (Å²) in [4.78, 5) is 20.8. The van der Waals surface area contributed by atoms with Crippen molar-refractivity contribution in [3.05, 3.63) is 65.1 Å². The quantitative estimate of drug-likeness (QED) is 0.702. The number of carbonyl (C=O) groups is 1. The summed E-state index contributed by atoms with van der Waals surface area (Å²) in [5.41, 5.74) is 2.01. The lowest BCUT2D eigenvalue weighted by Crippen LogP contribution is -2.27. The molecule has 3 aromatic rings. The van der Waals surface area contributed by atoms with E-state index in [0.717, 1.165) is 29.4 Å². The number of carbonyl (C=O) groups excluding carboxylic acids is 1. The molecule has 1 aromatic carbocycles. The van der Waals surface area contributed by atoms with Gasteiger partial charge >= 0.3 is 0 Å². The summed E-state index contributed by atoms with van der Waals surface area (Å²) < 4.78 is 5.34. The van der Waals surface area contributed by atoms with Crippen LogP contribution in [-0.4, -0.2) is 10.9 Å². The topological polar surface area (TPSA) is 46.3 Å². The maximum absolute atomic E-state index is 13.0. The Morgan fingerprint density at radius 2 is 1.96 bits per heavy atom. The van der Waals surface area contributed by atoms with Crippen molar-refractivity contribution in [3.8, 4) is 0 Å². The van der Waals surface area contributed by atoms with Crippen LogP contribution in [0.25, 0.3) is 0 Å². The summed E-state index contributed by atoms with van der Waals surface area (Å²) in [6.07, 6.45) is 6.30. The Bertz CT molecular complexity index is 801.